The largest absolute Gasteiger partial charge is 0.319 e. The molecule has 0 aliphatic heterocycles. The molecule has 0 saturated heterocycles. The lowest BCUT2D eigenvalue weighted by atomic mass is 10.2. The van der Waals surface area contributed by atoms with Gasteiger partial charge in [0.2, 0.25) is 5.82 Å². The van der Waals surface area contributed by atoms with Gasteiger partial charge in [-0.3, -0.25) is 4.79 Å². The van der Waals surface area contributed by atoms with Crippen molar-refractivity contribution in [2.24, 2.45) is 0 Å². The van der Waals surface area contributed by atoms with Gasteiger partial charge in [-0.25, -0.2) is 9.67 Å². The molecular weight excluding hydrogens is 419 g/mol. The van der Waals surface area contributed by atoms with E-state index in [4.69, 9.17) is 23.2 Å². The quantitative estimate of drug-likeness (QED) is 0.419. The van der Waals surface area contributed by atoms with Gasteiger partial charge in [-0.1, -0.05) is 41.4 Å². The number of aromatic nitrogens is 3. The van der Waals surface area contributed by atoms with E-state index in [2.05, 4.69) is 15.4 Å². The number of rotatable bonds is 4. The number of nitrogens with zero attached hydrogens (tertiary/aromatic N) is 3. The molecule has 0 saturated carbocycles. The van der Waals surface area contributed by atoms with Gasteiger partial charge in [0.1, 0.15) is 0 Å². The van der Waals surface area contributed by atoms with E-state index in [0.29, 0.717) is 21.6 Å². The van der Waals surface area contributed by atoms with Crippen LogP contribution in [0, 0.1) is 13.8 Å². The van der Waals surface area contributed by atoms with Crippen molar-refractivity contribution in [1.29, 1.82) is 0 Å². The van der Waals surface area contributed by atoms with E-state index in [1.807, 2.05) is 56.3 Å². The highest BCUT2D eigenvalue weighted by Crippen LogP contribution is 2.24. The van der Waals surface area contributed by atoms with Gasteiger partial charge in [-0.05, 0) is 73.5 Å². The van der Waals surface area contributed by atoms with Crippen molar-refractivity contribution in [1.82, 2.24) is 14.8 Å². The van der Waals surface area contributed by atoms with Gasteiger partial charge < -0.3 is 5.32 Å². The first-order valence-electron chi connectivity index (χ1n) is 9.28. The maximum atomic E-state index is 12.8. The summed E-state index contributed by atoms with van der Waals surface area (Å²) in [6.07, 6.45) is 0. The first kappa shape index (κ1) is 20.1. The molecule has 30 heavy (non-hydrogen) atoms. The lowest BCUT2D eigenvalue weighted by Gasteiger charge is -2.07. The summed E-state index contributed by atoms with van der Waals surface area (Å²) in [5.74, 6) is 0.180. The highest BCUT2D eigenvalue weighted by molar-refractivity contribution is 6.31. The fourth-order valence-electron chi connectivity index (χ4n) is 2.99. The summed E-state index contributed by atoms with van der Waals surface area (Å²) in [5, 5.41) is 8.49. The summed E-state index contributed by atoms with van der Waals surface area (Å²) in [6, 6.07) is 20.4. The van der Waals surface area contributed by atoms with Crippen LogP contribution in [-0.4, -0.2) is 20.7 Å². The molecule has 3 aromatic carbocycles. The van der Waals surface area contributed by atoms with Crippen LogP contribution in [0.2, 0.25) is 10.0 Å². The lowest BCUT2D eigenvalue weighted by Crippen LogP contribution is -2.14. The molecule has 7 heteroatoms. The molecule has 0 fully saturated rings. The zero-order valence-corrected chi connectivity index (χ0v) is 17.9. The number of amides is 1. The standard InChI is InChI=1S/C23H18Cl2N4O/c1-14-4-3-5-19(12-14)29-22(16-7-9-17(24)10-8-16)27-21(28-29)23(30)26-18-11-6-15(2)20(25)13-18/h3-13H,1-2H3,(H,26,30). The smallest absolute Gasteiger partial charge is 0.295 e. The molecule has 5 nitrogen and oxygen atoms in total. The van der Waals surface area contributed by atoms with Gasteiger partial charge in [0, 0.05) is 21.3 Å². The zero-order chi connectivity index (χ0) is 21.3. The van der Waals surface area contributed by atoms with Gasteiger partial charge in [0.05, 0.1) is 5.69 Å². The summed E-state index contributed by atoms with van der Waals surface area (Å²) in [7, 11) is 0. The normalized spacial score (nSPS) is 10.8. The average molecular weight is 437 g/mol. The Hall–Kier alpha value is -3.15. The number of hydrogen-bond acceptors (Lipinski definition) is 3. The maximum Gasteiger partial charge on any atom is 0.295 e. The van der Waals surface area contributed by atoms with Crippen LogP contribution in [0.4, 0.5) is 5.69 Å². The highest BCUT2D eigenvalue weighted by Gasteiger charge is 2.19. The SMILES string of the molecule is Cc1cccc(-n2nc(C(=O)Nc3ccc(C)c(Cl)c3)nc2-c2ccc(Cl)cc2)c1. The summed E-state index contributed by atoms with van der Waals surface area (Å²) in [5.41, 5.74) is 4.19. The molecule has 4 aromatic rings. The Kier molecular flexibility index (Phi) is 5.57. The Labute approximate surface area is 184 Å². The van der Waals surface area contributed by atoms with Crippen LogP contribution < -0.4 is 5.32 Å². The number of carbonyl (C=O) groups excluding carboxylic acids is 1. The third-order valence-electron chi connectivity index (χ3n) is 4.59. The van der Waals surface area contributed by atoms with E-state index in [0.717, 1.165) is 22.4 Å². The number of halogens is 2. The summed E-state index contributed by atoms with van der Waals surface area (Å²) in [4.78, 5) is 17.4. The number of anilines is 1. The molecule has 0 aliphatic rings. The Morgan fingerprint density at radius 1 is 0.967 bits per heavy atom. The molecule has 150 valence electrons. The van der Waals surface area contributed by atoms with Gasteiger partial charge in [0.15, 0.2) is 5.82 Å². The van der Waals surface area contributed by atoms with Crippen LogP contribution in [-0.2, 0) is 0 Å². The first-order valence-corrected chi connectivity index (χ1v) is 10.0. The van der Waals surface area contributed by atoms with E-state index in [-0.39, 0.29) is 5.82 Å². The van der Waals surface area contributed by atoms with E-state index >= 15 is 0 Å². The number of carbonyl (C=O) groups is 1. The second-order valence-corrected chi connectivity index (χ2v) is 7.78. The molecule has 0 spiro atoms. The number of aryl methyl sites for hydroxylation is 2. The van der Waals surface area contributed by atoms with Crippen LogP contribution in [0.3, 0.4) is 0 Å². The second kappa shape index (κ2) is 8.30. The van der Waals surface area contributed by atoms with E-state index in [1.165, 1.54) is 0 Å². The Morgan fingerprint density at radius 2 is 1.73 bits per heavy atom. The fourth-order valence-corrected chi connectivity index (χ4v) is 3.30. The van der Waals surface area contributed by atoms with E-state index < -0.39 is 5.91 Å². The molecule has 4 rings (SSSR count). The number of nitrogens with one attached hydrogen (secondary N) is 1. The van der Waals surface area contributed by atoms with Crippen molar-refractivity contribution in [2.75, 3.05) is 5.32 Å². The van der Waals surface area contributed by atoms with Crippen LogP contribution in [0.5, 0.6) is 0 Å². The second-order valence-electron chi connectivity index (χ2n) is 6.93. The lowest BCUT2D eigenvalue weighted by molar-refractivity contribution is 0.101. The maximum absolute atomic E-state index is 12.8. The Morgan fingerprint density at radius 3 is 2.43 bits per heavy atom. The van der Waals surface area contributed by atoms with Crippen LogP contribution >= 0.6 is 23.2 Å². The van der Waals surface area contributed by atoms with E-state index in [1.54, 1.807) is 28.9 Å². The zero-order valence-electron chi connectivity index (χ0n) is 16.4. The summed E-state index contributed by atoms with van der Waals surface area (Å²) in [6.45, 7) is 3.90. The third kappa shape index (κ3) is 4.22. The van der Waals surface area contributed by atoms with Crippen LogP contribution in [0.1, 0.15) is 21.7 Å². The minimum atomic E-state index is -0.420. The predicted molar refractivity (Wildman–Crippen MR) is 121 cm³/mol. The van der Waals surface area contributed by atoms with Crippen LogP contribution in [0.15, 0.2) is 66.7 Å². The fraction of sp³-hybridized carbons (Fsp3) is 0.0870. The first-order chi connectivity index (χ1) is 14.4. The van der Waals surface area contributed by atoms with Crippen LogP contribution in [0.25, 0.3) is 17.1 Å². The van der Waals surface area contributed by atoms with Crippen molar-refractivity contribution in [3.05, 3.63) is 93.7 Å². The third-order valence-corrected chi connectivity index (χ3v) is 5.25. The monoisotopic (exact) mass is 436 g/mol. The number of benzene rings is 3. The molecule has 1 N–H and O–H groups in total. The minimum absolute atomic E-state index is 0.0538. The van der Waals surface area contributed by atoms with E-state index in [9.17, 15) is 4.79 Å². The van der Waals surface area contributed by atoms with Gasteiger partial charge in [-0.15, -0.1) is 5.10 Å². The van der Waals surface area contributed by atoms with Crippen molar-refractivity contribution in [2.45, 2.75) is 13.8 Å². The predicted octanol–water partition coefficient (Wildman–Crippen LogP) is 6.11. The molecule has 1 heterocycles. The molecule has 1 aromatic heterocycles. The molecular formula is C23H18Cl2N4O. The van der Waals surface area contributed by atoms with Crippen molar-refractivity contribution < 1.29 is 4.79 Å². The molecule has 0 bridgehead atoms. The van der Waals surface area contributed by atoms with Crippen molar-refractivity contribution >= 4 is 34.8 Å². The van der Waals surface area contributed by atoms with Gasteiger partial charge in [0.25, 0.3) is 5.91 Å². The molecule has 1 amide bonds. The Bertz CT molecular complexity index is 1230. The molecule has 0 radical (unpaired) electrons. The molecule has 0 aliphatic carbocycles. The van der Waals surface area contributed by atoms with Gasteiger partial charge in [-0.2, -0.15) is 0 Å². The minimum Gasteiger partial charge on any atom is -0.319 e. The number of hydrogen-bond donors (Lipinski definition) is 1. The van der Waals surface area contributed by atoms with Crippen molar-refractivity contribution in [3.8, 4) is 17.1 Å². The topological polar surface area (TPSA) is 59.8 Å². The van der Waals surface area contributed by atoms with Crippen molar-refractivity contribution in [3.63, 3.8) is 0 Å². The average Bonchev–Trinajstić information content (AvgIpc) is 3.17. The summed E-state index contributed by atoms with van der Waals surface area (Å²) >= 11 is 12.2. The molecule has 0 unspecified atom stereocenters. The van der Waals surface area contributed by atoms with Gasteiger partial charge >= 0.3 is 0 Å². The Balaban J connectivity index is 1.75. The summed E-state index contributed by atoms with van der Waals surface area (Å²) < 4.78 is 1.66. The molecule has 0 atom stereocenters. The highest BCUT2D eigenvalue weighted by atomic mass is 35.5.